The van der Waals surface area contributed by atoms with Crippen molar-refractivity contribution in [2.75, 3.05) is 6.61 Å². The Labute approximate surface area is 218 Å². The standard InChI is InChI=1S/C31H33NO5/c1-3-5-7-8-18-36-25-13-11-23(12-14-25)31(35)37-26-15-17-28(30(33)34)29(20-26)27-16-10-22(9-6-4-2)19-24(27)21-32/h10-17,19-20H,3-9,18H2,1-2H3,(H,33,34). The van der Waals surface area contributed by atoms with Crippen molar-refractivity contribution in [1.29, 1.82) is 5.26 Å². The molecule has 0 heterocycles. The first-order valence-corrected chi connectivity index (χ1v) is 12.8. The molecule has 0 amide bonds. The van der Waals surface area contributed by atoms with E-state index in [0.717, 1.165) is 37.7 Å². The van der Waals surface area contributed by atoms with Crippen LogP contribution in [0.5, 0.6) is 11.5 Å². The van der Waals surface area contributed by atoms with Gasteiger partial charge in [0.05, 0.1) is 29.4 Å². The van der Waals surface area contributed by atoms with Gasteiger partial charge in [-0.05, 0) is 73.4 Å². The van der Waals surface area contributed by atoms with E-state index in [4.69, 9.17) is 9.47 Å². The minimum atomic E-state index is -1.13. The molecule has 0 aliphatic heterocycles. The highest BCUT2D eigenvalue weighted by Gasteiger charge is 2.18. The lowest BCUT2D eigenvalue weighted by molar-refractivity contribution is 0.0697. The normalized spacial score (nSPS) is 10.5. The molecule has 6 nitrogen and oxygen atoms in total. The lowest BCUT2D eigenvalue weighted by Crippen LogP contribution is -2.09. The number of nitrogens with zero attached hydrogens (tertiary/aromatic N) is 1. The van der Waals surface area contributed by atoms with Crippen LogP contribution in [0.2, 0.25) is 0 Å². The molecule has 3 aromatic carbocycles. The maximum atomic E-state index is 12.8. The summed E-state index contributed by atoms with van der Waals surface area (Å²) in [7, 11) is 0. The first-order chi connectivity index (χ1) is 18.0. The second kappa shape index (κ2) is 13.8. The summed E-state index contributed by atoms with van der Waals surface area (Å²) in [6.07, 6.45) is 7.35. The molecule has 0 saturated heterocycles. The van der Waals surface area contributed by atoms with E-state index in [-0.39, 0.29) is 11.3 Å². The molecule has 0 spiro atoms. The molecule has 3 aromatic rings. The number of ether oxygens (including phenoxy) is 2. The molecule has 0 saturated carbocycles. The number of carbonyl (C=O) groups excluding carboxylic acids is 1. The third kappa shape index (κ3) is 7.68. The summed E-state index contributed by atoms with van der Waals surface area (Å²) in [4.78, 5) is 24.7. The molecule has 3 rings (SSSR count). The van der Waals surface area contributed by atoms with Gasteiger partial charge in [-0.3, -0.25) is 0 Å². The molecule has 6 heteroatoms. The van der Waals surface area contributed by atoms with Gasteiger partial charge in [-0.15, -0.1) is 0 Å². The summed E-state index contributed by atoms with van der Waals surface area (Å²) in [6, 6.07) is 18.7. The zero-order valence-electron chi connectivity index (χ0n) is 21.5. The van der Waals surface area contributed by atoms with Crippen molar-refractivity contribution in [3.63, 3.8) is 0 Å². The van der Waals surface area contributed by atoms with Crippen molar-refractivity contribution in [3.8, 4) is 28.7 Å². The topological polar surface area (TPSA) is 96.6 Å². The molecular formula is C31H33NO5. The number of carboxylic acids is 1. The predicted molar refractivity (Wildman–Crippen MR) is 143 cm³/mol. The fourth-order valence-electron chi connectivity index (χ4n) is 4.02. The van der Waals surface area contributed by atoms with Crippen LogP contribution in [0.4, 0.5) is 0 Å². The van der Waals surface area contributed by atoms with E-state index in [2.05, 4.69) is 19.9 Å². The van der Waals surface area contributed by atoms with Crippen molar-refractivity contribution in [2.45, 2.75) is 58.8 Å². The Morgan fingerprint density at radius 2 is 1.57 bits per heavy atom. The predicted octanol–water partition coefficient (Wildman–Crippen LogP) is 7.44. The van der Waals surface area contributed by atoms with Crippen LogP contribution in [0.3, 0.4) is 0 Å². The summed E-state index contributed by atoms with van der Waals surface area (Å²) >= 11 is 0. The Morgan fingerprint density at radius 3 is 2.24 bits per heavy atom. The highest BCUT2D eigenvalue weighted by Crippen LogP contribution is 2.32. The van der Waals surface area contributed by atoms with Gasteiger partial charge >= 0.3 is 11.9 Å². The minimum absolute atomic E-state index is 0.0260. The van der Waals surface area contributed by atoms with Crippen LogP contribution in [0.15, 0.2) is 60.7 Å². The number of esters is 1. The summed E-state index contributed by atoms with van der Waals surface area (Å²) in [5.41, 5.74) is 2.58. The summed E-state index contributed by atoms with van der Waals surface area (Å²) in [6.45, 7) is 4.89. The first-order valence-electron chi connectivity index (χ1n) is 12.8. The SMILES string of the molecule is CCCCCCOc1ccc(C(=O)Oc2ccc(C(=O)O)c(-c3ccc(CCCC)cc3C#N)c2)cc1. The Bertz CT molecular complexity index is 1260. The number of unbranched alkanes of at least 4 members (excludes halogenated alkanes) is 4. The van der Waals surface area contributed by atoms with E-state index in [1.165, 1.54) is 31.0 Å². The highest BCUT2D eigenvalue weighted by molar-refractivity contribution is 5.98. The van der Waals surface area contributed by atoms with Crippen LogP contribution in [0.25, 0.3) is 11.1 Å². The Hall–Kier alpha value is -4.11. The maximum Gasteiger partial charge on any atom is 0.343 e. The number of carboxylic acid groups (broad SMARTS) is 1. The smallest absolute Gasteiger partial charge is 0.343 e. The number of nitriles is 1. The van der Waals surface area contributed by atoms with Crippen molar-refractivity contribution >= 4 is 11.9 Å². The number of aryl methyl sites for hydroxylation is 1. The van der Waals surface area contributed by atoms with Crippen molar-refractivity contribution < 1.29 is 24.2 Å². The van der Waals surface area contributed by atoms with E-state index in [0.29, 0.717) is 34.6 Å². The number of hydrogen-bond acceptors (Lipinski definition) is 5. The van der Waals surface area contributed by atoms with Crippen LogP contribution in [0, 0.1) is 11.3 Å². The van der Waals surface area contributed by atoms with Gasteiger partial charge in [0.15, 0.2) is 0 Å². The molecule has 192 valence electrons. The molecule has 0 bridgehead atoms. The summed E-state index contributed by atoms with van der Waals surface area (Å²) in [5, 5.41) is 19.5. The average molecular weight is 500 g/mol. The van der Waals surface area contributed by atoms with Crippen LogP contribution >= 0.6 is 0 Å². The Kier molecular flexibility index (Phi) is 10.3. The Morgan fingerprint density at radius 1 is 0.838 bits per heavy atom. The fourth-order valence-corrected chi connectivity index (χ4v) is 4.02. The number of benzene rings is 3. The second-order valence-corrected chi connectivity index (χ2v) is 8.93. The molecule has 0 aliphatic carbocycles. The molecule has 0 atom stereocenters. The van der Waals surface area contributed by atoms with Gasteiger partial charge in [-0.2, -0.15) is 5.26 Å². The number of rotatable bonds is 13. The van der Waals surface area contributed by atoms with Gasteiger partial charge < -0.3 is 14.6 Å². The monoisotopic (exact) mass is 499 g/mol. The van der Waals surface area contributed by atoms with Gasteiger partial charge in [0.2, 0.25) is 0 Å². The average Bonchev–Trinajstić information content (AvgIpc) is 2.91. The molecule has 0 unspecified atom stereocenters. The highest BCUT2D eigenvalue weighted by atomic mass is 16.5. The summed E-state index contributed by atoms with van der Waals surface area (Å²) < 4.78 is 11.3. The number of hydrogen-bond donors (Lipinski definition) is 1. The number of carbonyl (C=O) groups is 2. The zero-order chi connectivity index (χ0) is 26.6. The van der Waals surface area contributed by atoms with Crippen LogP contribution < -0.4 is 9.47 Å². The van der Waals surface area contributed by atoms with E-state index in [9.17, 15) is 20.0 Å². The van der Waals surface area contributed by atoms with Gasteiger partial charge in [0.25, 0.3) is 0 Å². The van der Waals surface area contributed by atoms with E-state index >= 15 is 0 Å². The molecular weight excluding hydrogens is 466 g/mol. The van der Waals surface area contributed by atoms with Gasteiger partial charge in [-0.1, -0.05) is 51.7 Å². The molecule has 0 fully saturated rings. The van der Waals surface area contributed by atoms with E-state index in [1.807, 2.05) is 6.07 Å². The van der Waals surface area contributed by atoms with Gasteiger partial charge in [-0.25, -0.2) is 9.59 Å². The largest absolute Gasteiger partial charge is 0.494 e. The second-order valence-electron chi connectivity index (χ2n) is 8.93. The first kappa shape index (κ1) is 27.5. The van der Waals surface area contributed by atoms with Crippen molar-refractivity contribution in [1.82, 2.24) is 0 Å². The van der Waals surface area contributed by atoms with Crippen molar-refractivity contribution in [2.24, 2.45) is 0 Å². The van der Waals surface area contributed by atoms with Crippen LogP contribution in [0.1, 0.15) is 84.2 Å². The van der Waals surface area contributed by atoms with Gasteiger partial charge in [0, 0.05) is 11.1 Å². The van der Waals surface area contributed by atoms with Gasteiger partial charge in [0.1, 0.15) is 11.5 Å². The lowest BCUT2D eigenvalue weighted by atomic mass is 9.93. The number of aromatic carboxylic acids is 1. The quantitative estimate of drug-likeness (QED) is 0.149. The van der Waals surface area contributed by atoms with E-state index in [1.54, 1.807) is 36.4 Å². The zero-order valence-corrected chi connectivity index (χ0v) is 21.5. The minimum Gasteiger partial charge on any atom is -0.494 e. The molecule has 1 N–H and O–H groups in total. The third-order valence-electron chi connectivity index (χ3n) is 6.10. The molecule has 0 aromatic heterocycles. The maximum absolute atomic E-state index is 12.8. The fraction of sp³-hybridized carbons (Fsp3) is 0.323. The molecule has 0 radical (unpaired) electrons. The molecule has 37 heavy (non-hydrogen) atoms. The lowest BCUT2D eigenvalue weighted by Gasteiger charge is -2.13. The Balaban J connectivity index is 1.78. The van der Waals surface area contributed by atoms with Crippen molar-refractivity contribution in [3.05, 3.63) is 82.9 Å². The van der Waals surface area contributed by atoms with Crippen LogP contribution in [-0.4, -0.2) is 23.7 Å². The summed E-state index contributed by atoms with van der Waals surface area (Å²) in [5.74, 6) is -0.816. The van der Waals surface area contributed by atoms with E-state index < -0.39 is 11.9 Å². The van der Waals surface area contributed by atoms with Crippen LogP contribution in [-0.2, 0) is 6.42 Å². The third-order valence-corrected chi connectivity index (χ3v) is 6.10. The molecule has 0 aliphatic rings.